The molecule has 0 aromatic rings. The summed E-state index contributed by atoms with van der Waals surface area (Å²) in [7, 11) is 0. The van der Waals surface area contributed by atoms with Gasteiger partial charge in [0.1, 0.15) is 0 Å². The molecule has 0 bridgehead atoms. The minimum Gasteiger partial charge on any atom is -0.361 e. The lowest BCUT2D eigenvalue weighted by Gasteiger charge is -2.10. The molecule has 0 atom stereocenters. The van der Waals surface area contributed by atoms with E-state index >= 15 is 0 Å². The van der Waals surface area contributed by atoms with Crippen molar-refractivity contribution in [2.24, 2.45) is 10.2 Å². The van der Waals surface area contributed by atoms with Gasteiger partial charge in [-0.15, -0.1) is 0 Å². The molecule has 0 aliphatic carbocycles. The average Bonchev–Trinajstić information content (AvgIpc) is 2.03. The van der Waals surface area contributed by atoms with Crippen molar-refractivity contribution in [1.29, 1.82) is 0 Å². The van der Waals surface area contributed by atoms with Gasteiger partial charge in [0.2, 0.25) is 0 Å². The van der Waals surface area contributed by atoms with E-state index in [0.29, 0.717) is 5.71 Å². The highest BCUT2D eigenvalue weighted by Gasteiger charge is 2.50. The Bertz CT molecular complexity index is 236. The molecule has 1 rings (SSSR count). The van der Waals surface area contributed by atoms with Crippen LogP contribution in [0.1, 0.15) is 27.7 Å². The maximum Gasteiger partial charge on any atom is 0.325 e. The lowest BCUT2D eigenvalue weighted by Crippen LogP contribution is -2.39. The molecule has 0 saturated heterocycles. The van der Waals surface area contributed by atoms with Crippen molar-refractivity contribution >= 4 is 5.71 Å². The van der Waals surface area contributed by atoms with Crippen LogP contribution >= 0.6 is 0 Å². The molecule has 1 aliphatic rings. The molecule has 11 heavy (non-hydrogen) atoms. The molecule has 1 aliphatic heterocycles. The van der Waals surface area contributed by atoms with Gasteiger partial charge in [-0.25, -0.2) is 0 Å². The summed E-state index contributed by atoms with van der Waals surface area (Å²) in [4.78, 5) is 3.22. The van der Waals surface area contributed by atoms with Crippen molar-refractivity contribution in [2.75, 3.05) is 0 Å². The standard InChI is InChI=1S/C7H12N4/c1-6(2)5(9-8)7(3,4)11-10-6/h1-4H3. The van der Waals surface area contributed by atoms with Crippen LogP contribution in [-0.4, -0.2) is 21.6 Å². The molecule has 0 unspecified atom stereocenters. The first-order valence-electron chi connectivity index (χ1n) is 3.57. The van der Waals surface area contributed by atoms with Crippen LogP contribution < -0.4 is 0 Å². The molecule has 0 N–H and O–H groups in total. The van der Waals surface area contributed by atoms with E-state index in [9.17, 15) is 0 Å². The van der Waals surface area contributed by atoms with Gasteiger partial charge < -0.3 is 5.53 Å². The topological polar surface area (TPSA) is 61.1 Å². The van der Waals surface area contributed by atoms with Gasteiger partial charge in [-0.2, -0.15) is 15.0 Å². The van der Waals surface area contributed by atoms with Crippen LogP contribution in [0, 0.1) is 0 Å². The third-order valence-corrected chi connectivity index (χ3v) is 1.81. The highest BCUT2D eigenvalue weighted by molar-refractivity contribution is 5.97. The Morgan fingerprint density at radius 3 is 1.64 bits per heavy atom. The third kappa shape index (κ3) is 1.10. The minimum atomic E-state index is -0.446. The highest BCUT2D eigenvalue weighted by Crippen LogP contribution is 2.30. The lowest BCUT2D eigenvalue weighted by molar-refractivity contribution is -0.0188. The molecule has 4 nitrogen and oxygen atoms in total. The van der Waals surface area contributed by atoms with Crippen LogP contribution in [0.2, 0.25) is 0 Å². The molecule has 0 radical (unpaired) electrons. The van der Waals surface area contributed by atoms with Crippen LogP contribution in [-0.2, 0) is 0 Å². The summed E-state index contributed by atoms with van der Waals surface area (Å²) < 4.78 is 0. The first-order chi connectivity index (χ1) is 4.90. The van der Waals surface area contributed by atoms with Gasteiger partial charge in [-0.05, 0) is 27.7 Å². The second-order valence-electron chi connectivity index (χ2n) is 3.77. The van der Waals surface area contributed by atoms with E-state index in [1.807, 2.05) is 27.7 Å². The maximum atomic E-state index is 8.71. The number of nitrogens with zero attached hydrogens (tertiary/aromatic N) is 4. The molecule has 0 fully saturated rings. The molecule has 0 saturated carbocycles. The summed E-state index contributed by atoms with van der Waals surface area (Å²) in [5, 5.41) is 8.01. The van der Waals surface area contributed by atoms with Gasteiger partial charge in [-0.3, -0.25) is 0 Å². The molecular weight excluding hydrogens is 140 g/mol. The Balaban J connectivity index is 3.19. The predicted molar refractivity (Wildman–Crippen MR) is 41.6 cm³/mol. The number of hydrogen-bond acceptors (Lipinski definition) is 2. The fourth-order valence-corrected chi connectivity index (χ4v) is 1.34. The smallest absolute Gasteiger partial charge is 0.325 e. The Morgan fingerprint density at radius 1 is 1.09 bits per heavy atom. The molecular formula is C7H12N4. The van der Waals surface area contributed by atoms with Crippen LogP contribution in [0.5, 0.6) is 0 Å². The van der Waals surface area contributed by atoms with Crippen molar-refractivity contribution < 1.29 is 4.79 Å². The molecule has 1 heterocycles. The molecule has 60 valence electrons. The quantitative estimate of drug-likeness (QED) is 0.374. The van der Waals surface area contributed by atoms with E-state index in [4.69, 9.17) is 5.53 Å². The van der Waals surface area contributed by atoms with Crippen LogP contribution in [0.15, 0.2) is 10.2 Å². The zero-order chi connectivity index (χ0) is 8.70. The highest BCUT2D eigenvalue weighted by atomic mass is 15.3. The zero-order valence-corrected chi connectivity index (χ0v) is 7.29. The number of azo groups is 1. The van der Waals surface area contributed by atoms with E-state index in [1.54, 1.807) is 0 Å². The summed E-state index contributed by atoms with van der Waals surface area (Å²) in [5.41, 5.74) is 8.43. The van der Waals surface area contributed by atoms with E-state index in [0.717, 1.165) is 0 Å². The summed E-state index contributed by atoms with van der Waals surface area (Å²) in [6.45, 7) is 7.50. The van der Waals surface area contributed by atoms with E-state index < -0.39 is 11.1 Å². The fraction of sp³-hybridized carbons (Fsp3) is 0.857. The second-order valence-corrected chi connectivity index (χ2v) is 3.77. The molecule has 0 amide bonds. The summed E-state index contributed by atoms with van der Waals surface area (Å²) in [5.74, 6) is 0. The predicted octanol–water partition coefficient (Wildman–Crippen LogP) is 1.68. The van der Waals surface area contributed by atoms with Crippen molar-refractivity contribution in [3.8, 4) is 0 Å². The SMILES string of the molecule is CC1(C)N=NC(C)(C)C1=[N+]=[N-]. The van der Waals surface area contributed by atoms with Crippen molar-refractivity contribution in [3.05, 3.63) is 5.53 Å². The molecule has 4 heteroatoms. The Kier molecular flexibility index (Phi) is 1.46. The third-order valence-electron chi connectivity index (χ3n) is 1.81. The van der Waals surface area contributed by atoms with Gasteiger partial charge in [0, 0.05) is 0 Å². The molecule has 0 spiro atoms. The monoisotopic (exact) mass is 152 g/mol. The minimum absolute atomic E-state index is 0.446. The fourth-order valence-electron chi connectivity index (χ4n) is 1.34. The van der Waals surface area contributed by atoms with Crippen molar-refractivity contribution in [3.63, 3.8) is 0 Å². The van der Waals surface area contributed by atoms with Gasteiger partial charge in [-0.1, -0.05) is 0 Å². The van der Waals surface area contributed by atoms with Gasteiger partial charge in [0.05, 0.1) is 0 Å². The van der Waals surface area contributed by atoms with E-state index in [-0.39, 0.29) is 0 Å². The van der Waals surface area contributed by atoms with Crippen molar-refractivity contribution in [2.45, 2.75) is 38.8 Å². The van der Waals surface area contributed by atoms with Gasteiger partial charge in [0.25, 0.3) is 0 Å². The van der Waals surface area contributed by atoms with Gasteiger partial charge in [0.15, 0.2) is 11.1 Å². The number of rotatable bonds is 0. The number of hydrogen-bond donors (Lipinski definition) is 0. The Labute approximate surface area is 66.0 Å². The van der Waals surface area contributed by atoms with E-state index in [2.05, 4.69) is 15.0 Å². The Morgan fingerprint density at radius 2 is 1.45 bits per heavy atom. The normalized spacial score (nSPS) is 25.3. The second kappa shape index (κ2) is 1.98. The zero-order valence-electron chi connectivity index (χ0n) is 7.29. The van der Waals surface area contributed by atoms with Gasteiger partial charge >= 0.3 is 5.71 Å². The largest absolute Gasteiger partial charge is 0.361 e. The summed E-state index contributed by atoms with van der Waals surface area (Å²) in [6.07, 6.45) is 0. The lowest BCUT2D eigenvalue weighted by atomic mass is 9.88. The summed E-state index contributed by atoms with van der Waals surface area (Å²) >= 11 is 0. The molecule has 0 aromatic heterocycles. The van der Waals surface area contributed by atoms with Crippen molar-refractivity contribution in [1.82, 2.24) is 0 Å². The van der Waals surface area contributed by atoms with Crippen LogP contribution in [0.3, 0.4) is 0 Å². The summed E-state index contributed by atoms with van der Waals surface area (Å²) in [6, 6.07) is 0. The average molecular weight is 152 g/mol. The first kappa shape index (κ1) is 8.08. The maximum absolute atomic E-state index is 8.71. The van der Waals surface area contributed by atoms with Crippen LogP contribution in [0.4, 0.5) is 0 Å². The van der Waals surface area contributed by atoms with Crippen LogP contribution in [0.25, 0.3) is 5.53 Å². The van der Waals surface area contributed by atoms with E-state index in [1.165, 1.54) is 0 Å². The Hall–Kier alpha value is -1.02. The first-order valence-corrected chi connectivity index (χ1v) is 3.57. The molecule has 0 aromatic carbocycles.